The van der Waals surface area contributed by atoms with E-state index in [9.17, 15) is 14.4 Å². The number of primary amides is 2. The van der Waals surface area contributed by atoms with Gasteiger partial charge in [0.25, 0.3) is 5.91 Å². The highest BCUT2D eigenvalue weighted by Gasteiger charge is 2.20. The number of H-pyrrole nitrogens is 1. The molecule has 0 aliphatic rings. The van der Waals surface area contributed by atoms with Crippen molar-refractivity contribution in [3.05, 3.63) is 70.3 Å². The molecule has 0 saturated carbocycles. The number of nitrogens with one attached hydrogen (secondary N) is 1. The van der Waals surface area contributed by atoms with Gasteiger partial charge in [-0.05, 0) is 49.4 Å². The van der Waals surface area contributed by atoms with Crippen molar-refractivity contribution in [2.24, 2.45) is 11.5 Å². The Labute approximate surface area is 175 Å². The van der Waals surface area contributed by atoms with Crippen LogP contribution in [0.5, 0.6) is 5.75 Å². The normalized spacial score (nSPS) is 10.9. The maximum Gasteiger partial charge on any atom is 0.332 e. The Kier molecular flexibility index (Phi) is 4.96. The van der Waals surface area contributed by atoms with Crippen LogP contribution in [0.1, 0.15) is 27.8 Å². The molecule has 0 spiro atoms. The van der Waals surface area contributed by atoms with Gasteiger partial charge < -0.3 is 21.2 Å². The average Bonchev–Trinajstić information content (AvgIpc) is 3.09. The third kappa shape index (κ3) is 3.62. The van der Waals surface area contributed by atoms with Gasteiger partial charge in [-0.15, -0.1) is 0 Å². The second-order valence-electron chi connectivity index (χ2n) is 6.60. The van der Waals surface area contributed by atoms with Crippen LogP contribution in [0.3, 0.4) is 0 Å². The molecule has 2 aromatic heterocycles. The van der Waals surface area contributed by atoms with E-state index in [0.717, 1.165) is 0 Å². The molecule has 0 bridgehead atoms. The zero-order valence-electron chi connectivity index (χ0n) is 16.5. The smallest absolute Gasteiger partial charge is 0.332 e. The van der Waals surface area contributed by atoms with Crippen LogP contribution in [0.4, 0.5) is 0 Å². The average molecular weight is 418 g/mol. The molecule has 0 fully saturated rings. The van der Waals surface area contributed by atoms with Crippen molar-refractivity contribution in [2.45, 2.75) is 6.92 Å². The summed E-state index contributed by atoms with van der Waals surface area (Å²) >= 11 is 0. The predicted octanol–water partition coefficient (Wildman–Crippen LogP) is 1.37. The molecule has 4 aromatic rings. The summed E-state index contributed by atoms with van der Waals surface area (Å²) in [4.78, 5) is 47.7. The highest BCUT2D eigenvalue weighted by atomic mass is 16.5. The number of nitrogens with two attached hydrogens (primary N) is 2. The van der Waals surface area contributed by atoms with Crippen LogP contribution < -0.4 is 21.9 Å². The van der Waals surface area contributed by atoms with Crippen molar-refractivity contribution in [1.82, 2.24) is 19.5 Å². The Morgan fingerprint density at radius 3 is 2.45 bits per heavy atom. The zero-order chi connectivity index (χ0) is 22.1. The summed E-state index contributed by atoms with van der Waals surface area (Å²) in [6.07, 6.45) is 0. The van der Waals surface area contributed by atoms with Gasteiger partial charge >= 0.3 is 5.69 Å². The number of imidazole rings is 1. The lowest BCUT2D eigenvalue weighted by Crippen LogP contribution is -2.17. The molecule has 5 N–H and O–H groups in total. The minimum absolute atomic E-state index is 0.0941. The fourth-order valence-corrected chi connectivity index (χ4v) is 3.20. The van der Waals surface area contributed by atoms with E-state index in [2.05, 4.69) is 15.0 Å². The van der Waals surface area contributed by atoms with E-state index in [1.165, 1.54) is 16.7 Å². The number of hydrogen-bond acceptors (Lipinski definition) is 6. The molecule has 0 atom stereocenters. The van der Waals surface area contributed by atoms with E-state index in [1.54, 1.807) is 36.4 Å². The van der Waals surface area contributed by atoms with Crippen molar-refractivity contribution in [1.29, 1.82) is 0 Å². The second-order valence-corrected chi connectivity index (χ2v) is 6.60. The molecular weight excluding hydrogens is 400 g/mol. The molecular formula is C21H18N6O4. The molecule has 2 aromatic carbocycles. The SMILES string of the molecule is CCOc1ccc(-c2nc(C(N)=O)c3[nH]c(=O)n(-c4cccc(C(N)=O)c4)c3n2)cc1. The quantitative estimate of drug-likeness (QED) is 0.429. The van der Waals surface area contributed by atoms with Gasteiger partial charge in [0.05, 0.1) is 12.3 Å². The van der Waals surface area contributed by atoms with Crippen LogP contribution in [-0.4, -0.2) is 37.9 Å². The fourth-order valence-electron chi connectivity index (χ4n) is 3.20. The first-order valence-corrected chi connectivity index (χ1v) is 9.35. The molecule has 0 unspecified atom stereocenters. The van der Waals surface area contributed by atoms with Crippen LogP contribution in [0.25, 0.3) is 28.2 Å². The van der Waals surface area contributed by atoms with Gasteiger partial charge in [0.15, 0.2) is 17.2 Å². The number of ether oxygens (including phenoxy) is 1. The minimum atomic E-state index is -0.820. The van der Waals surface area contributed by atoms with Crippen LogP contribution in [0.15, 0.2) is 53.3 Å². The first-order valence-electron chi connectivity index (χ1n) is 9.35. The van der Waals surface area contributed by atoms with Gasteiger partial charge in [-0.2, -0.15) is 0 Å². The molecule has 31 heavy (non-hydrogen) atoms. The van der Waals surface area contributed by atoms with Gasteiger partial charge in [-0.3, -0.25) is 9.59 Å². The number of carbonyl (C=O) groups is 2. The summed E-state index contributed by atoms with van der Waals surface area (Å²) in [7, 11) is 0. The molecule has 156 valence electrons. The van der Waals surface area contributed by atoms with E-state index in [1.807, 2.05) is 6.92 Å². The topological polar surface area (TPSA) is 159 Å². The first-order chi connectivity index (χ1) is 14.9. The summed E-state index contributed by atoms with van der Waals surface area (Å²) in [5.41, 5.74) is 11.6. The molecule has 10 heteroatoms. The lowest BCUT2D eigenvalue weighted by Gasteiger charge is -2.08. The second kappa shape index (κ2) is 7.75. The monoisotopic (exact) mass is 418 g/mol. The van der Waals surface area contributed by atoms with E-state index < -0.39 is 17.5 Å². The zero-order valence-corrected chi connectivity index (χ0v) is 16.5. The summed E-state index contributed by atoms with van der Waals surface area (Å²) < 4.78 is 6.67. The fraction of sp³-hybridized carbons (Fsp3) is 0.0952. The molecule has 0 aliphatic heterocycles. The van der Waals surface area contributed by atoms with Crippen LogP contribution in [0, 0.1) is 0 Å². The van der Waals surface area contributed by atoms with E-state index in [-0.39, 0.29) is 28.2 Å². The molecule has 2 amide bonds. The van der Waals surface area contributed by atoms with Gasteiger partial charge in [-0.1, -0.05) is 6.07 Å². The largest absolute Gasteiger partial charge is 0.494 e. The van der Waals surface area contributed by atoms with Crippen molar-refractivity contribution in [2.75, 3.05) is 6.61 Å². The van der Waals surface area contributed by atoms with Crippen molar-refractivity contribution in [3.63, 3.8) is 0 Å². The maximum absolute atomic E-state index is 12.7. The highest BCUT2D eigenvalue weighted by Crippen LogP contribution is 2.24. The summed E-state index contributed by atoms with van der Waals surface area (Å²) in [6, 6.07) is 13.2. The van der Waals surface area contributed by atoms with Crippen molar-refractivity contribution < 1.29 is 14.3 Å². The summed E-state index contributed by atoms with van der Waals surface area (Å²) in [5, 5.41) is 0. The van der Waals surface area contributed by atoms with Gasteiger partial charge in [0.1, 0.15) is 11.3 Å². The Morgan fingerprint density at radius 1 is 1.06 bits per heavy atom. The summed E-state index contributed by atoms with van der Waals surface area (Å²) in [5.74, 6) is -0.594. The Morgan fingerprint density at radius 2 is 1.81 bits per heavy atom. The molecule has 0 aliphatic carbocycles. The number of rotatable bonds is 6. The van der Waals surface area contributed by atoms with Crippen molar-refractivity contribution >= 4 is 23.0 Å². The molecule has 4 rings (SSSR count). The van der Waals surface area contributed by atoms with Crippen molar-refractivity contribution in [3.8, 4) is 22.8 Å². The minimum Gasteiger partial charge on any atom is -0.494 e. The molecule has 0 radical (unpaired) electrons. The molecule has 2 heterocycles. The lowest BCUT2D eigenvalue weighted by molar-refractivity contribution is 0.0990. The molecule has 10 nitrogen and oxygen atoms in total. The Hall–Kier alpha value is -4.47. The number of aromatic nitrogens is 4. The maximum atomic E-state index is 12.7. The van der Waals surface area contributed by atoms with E-state index >= 15 is 0 Å². The third-order valence-electron chi connectivity index (χ3n) is 4.58. The third-order valence-corrected chi connectivity index (χ3v) is 4.58. The summed E-state index contributed by atoms with van der Waals surface area (Å²) in [6.45, 7) is 2.40. The van der Waals surface area contributed by atoms with Crippen LogP contribution in [0.2, 0.25) is 0 Å². The first kappa shape index (κ1) is 19.8. The number of amides is 2. The number of nitrogens with zero attached hydrogens (tertiary/aromatic N) is 3. The lowest BCUT2D eigenvalue weighted by atomic mass is 10.2. The number of aromatic amines is 1. The highest BCUT2D eigenvalue weighted by molar-refractivity contribution is 6.02. The standard InChI is InChI=1S/C21H18N6O4/c1-2-31-14-8-6-11(7-9-14)19-24-15(18(23)29)16-20(26-19)27(21(30)25-16)13-5-3-4-12(10-13)17(22)28/h3-10H,2H2,1H3,(H2,22,28)(H2,23,29)(H,25,30). The number of carbonyl (C=O) groups excluding carboxylic acids is 2. The number of fused-ring (bicyclic) bond motifs is 1. The van der Waals surface area contributed by atoms with Gasteiger partial charge in [0.2, 0.25) is 5.91 Å². The number of benzene rings is 2. The molecule has 0 saturated heterocycles. The Balaban J connectivity index is 1.96. The Bertz CT molecular complexity index is 1370. The van der Waals surface area contributed by atoms with Crippen LogP contribution >= 0.6 is 0 Å². The van der Waals surface area contributed by atoms with Crippen LogP contribution in [-0.2, 0) is 0 Å². The van der Waals surface area contributed by atoms with E-state index in [0.29, 0.717) is 23.6 Å². The predicted molar refractivity (Wildman–Crippen MR) is 113 cm³/mol. The van der Waals surface area contributed by atoms with E-state index in [4.69, 9.17) is 16.2 Å². The number of hydrogen-bond donors (Lipinski definition) is 3. The van der Waals surface area contributed by atoms with Gasteiger partial charge in [0, 0.05) is 11.1 Å². The van der Waals surface area contributed by atoms with Gasteiger partial charge in [-0.25, -0.2) is 19.3 Å².